The first kappa shape index (κ1) is 9.25. The molecule has 74 valence electrons. The van der Waals surface area contributed by atoms with E-state index in [2.05, 4.69) is 15.9 Å². The van der Waals surface area contributed by atoms with Gasteiger partial charge in [-0.1, -0.05) is 23.7 Å². The highest BCUT2D eigenvalue weighted by Crippen LogP contribution is 2.34. The standard InChI is InChI=1S/C12H6BrClO/c13-10-3-1-2-9-8-5-4-7(14)6-11(8)15-12(9)10/h1-6H. The van der Waals surface area contributed by atoms with Crippen LogP contribution in [0.3, 0.4) is 0 Å². The third-order valence-electron chi connectivity index (χ3n) is 2.41. The fraction of sp³-hybridized carbons (Fsp3) is 0. The van der Waals surface area contributed by atoms with Gasteiger partial charge < -0.3 is 4.42 Å². The van der Waals surface area contributed by atoms with E-state index in [1.165, 1.54) is 0 Å². The summed E-state index contributed by atoms with van der Waals surface area (Å²) in [5.41, 5.74) is 1.69. The SMILES string of the molecule is Clc1ccc2c(c1)oc1c(Br)cccc12. The molecule has 3 heteroatoms. The molecule has 3 rings (SSSR count). The summed E-state index contributed by atoms with van der Waals surface area (Å²) in [5, 5.41) is 2.89. The molecule has 0 aliphatic heterocycles. The van der Waals surface area contributed by atoms with Crippen molar-refractivity contribution in [2.24, 2.45) is 0 Å². The lowest BCUT2D eigenvalue weighted by Crippen LogP contribution is -1.67. The predicted molar refractivity (Wildman–Crippen MR) is 66.4 cm³/mol. The summed E-state index contributed by atoms with van der Waals surface area (Å²) in [4.78, 5) is 0. The fourth-order valence-corrected chi connectivity index (χ4v) is 2.35. The van der Waals surface area contributed by atoms with Gasteiger partial charge in [0.15, 0.2) is 0 Å². The van der Waals surface area contributed by atoms with Crippen molar-refractivity contribution >= 4 is 49.5 Å². The highest BCUT2D eigenvalue weighted by Gasteiger charge is 2.08. The molecule has 0 saturated carbocycles. The van der Waals surface area contributed by atoms with Crippen molar-refractivity contribution < 1.29 is 4.42 Å². The van der Waals surface area contributed by atoms with Crippen LogP contribution in [0.25, 0.3) is 21.9 Å². The second kappa shape index (κ2) is 3.26. The van der Waals surface area contributed by atoms with Crippen molar-refractivity contribution in [1.29, 1.82) is 0 Å². The minimum Gasteiger partial charge on any atom is -0.455 e. The molecular weight excluding hydrogens is 275 g/mol. The number of benzene rings is 2. The maximum atomic E-state index is 5.91. The maximum absolute atomic E-state index is 5.91. The Balaban J connectivity index is 2.57. The van der Waals surface area contributed by atoms with Crippen molar-refractivity contribution in [2.45, 2.75) is 0 Å². The first-order valence-corrected chi connectivity index (χ1v) is 5.69. The van der Waals surface area contributed by atoms with E-state index >= 15 is 0 Å². The topological polar surface area (TPSA) is 13.1 Å². The lowest BCUT2D eigenvalue weighted by molar-refractivity contribution is 0.667. The molecule has 1 heterocycles. The second-order valence-electron chi connectivity index (χ2n) is 3.36. The molecule has 15 heavy (non-hydrogen) atoms. The van der Waals surface area contributed by atoms with Crippen LogP contribution < -0.4 is 0 Å². The summed E-state index contributed by atoms with van der Waals surface area (Å²) >= 11 is 9.38. The number of hydrogen-bond acceptors (Lipinski definition) is 1. The Labute approximate surface area is 99.8 Å². The molecule has 0 amide bonds. The molecule has 2 aromatic carbocycles. The fourth-order valence-electron chi connectivity index (χ4n) is 1.74. The van der Waals surface area contributed by atoms with Gasteiger partial charge in [-0.05, 0) is 34.1 Å². The third-order valence-corrected chi connectivity index (χ3v) is 3.27. The van der Waals surface area contributed by atoms with E-state index in [4.69, 9.17) is 16.0 Å². The Morgan fingerprint density at radius 1 is 1.07 bits per heavy atom. The molecule has 0 aliphatic rings. The molecule has 1 nitrogen and oxygen atoms in total. The normalized spacial score (nSPS) is 11.3. The van der Waals surface area contributed by atoms with Crippen LogP contribution in [0.2, 0.25) is 5.02 Å². The molecule has 0 radical (unpaired) electrons. The third kappa shape index (κ3) is 1.36. The van der Waals surface area contributed by atoms with Gasteiger partial charge in [0.25, 0.3) is 0 Å². The van der Waals surface area contributed by atoms with E-state index in [9.17, 15) is 0 Å². The Morgan fingerprint density at radius 3 is 2.80 bits per heavy atom. The van der Waals surface area contributed by atoms with Crippen molar-refractivity contribution in [3.05, 3.63) is 45.9 Å². The van der Waals surface area contributed by atoms with Gasteiger partial charge in [-0.25, -0.2) is 0 Å². The first-order valence-electron chi connectivity index (χ1n) is 4.52. The Hall–Kier alpha value is -0.990. The molecule has 0 aliphatic carbocycles. The van der Waals surface area contributed by atoms with Crippen molar-refractivity contribution in [1.82, 2.24) is 0 Å². The van der Waals surface area contributed by atoms with Crippen molar-refractivity contribution in [3.8, 4) is 0 Å². The average molecular weight is 282 g/mol. The second-order valence-corrected chi connectivity index (χ2v) is 4.65. The summed E-state index contributed by atoms with van der Waals surface area (Å²) in [6, 6.07) is 11.7. The van der Waals surface area contributed by atoms with Crippen molar-refractivity contribution in [3.63, 3.8) is 0 Å². The van der Waals surface area contributed by atoms with Gasteiger partial charge in [0.2, 0.25) is 0 Å². The molecule has 1 aromatic heterocycles. The van der Waals surface area contributed by atoms with Crippen LogP contribution in [0.15, 0.2) is 45.3 Å². The molecule has 0 unspecified atom stereocenters. The monoisotopic (exact) mass is 280 g/mol. The Morgan fingerprint density at radius 2 is 1.93 bits per heavy atom. The quantitative estimate of drug-likeness (QED) is 0.565. The van der Waals surface area contributed by atoms with Crippen LogP contribution in [-0.2, 0) is 0 Å². The zero-order valence-corrected chi connectivity index (χ0v) is 9.97. The van der Waals surface area contributed by atoms with Gasteiger partial charge in [0, 0.05) is 21.9 Å². The van der Waals surface area contributed by atoms with E-state index in [1.807, 2.05) is 36.4 Å². The molecule has 3 aromatic rings. The first-order chi connectivity index (χ1) is 7.25. The number of furan rings is 1. The van der Waals surface area contributed by atoms with Crippen LogP contribution in [-0.4, -0.2) is 0 Å². The Kier molecular flexibility index (Phi) is 2.01. The highest BCUT2D eigenvalue weighted by atomic mass is 79.9. The minimum atomic E-state index is 0.692. The smallest absolute Gasteiger partial charge is 0.149 e. The summed E-state index contributed by atoms with van der Waals surface area (Å²) < 4.78 is 6.70. The summed E-state index contributed by atoms with van der Waals surface area (Å²) in [7, 11) is 0. The molecule has 0 spiro atoms. The van der Waals surface area contributed by atoms with Crippen LogP contribution in [0, 0.1) is 0 Å². The zero-order chi connectivity index (χ0) is 10.4. The van der Waals surface area contributed by atoms with Gasteiger partial charge in [0.05, 0.1) is 4.47 Å². The lowest BCUT2D eigenvalue weighted by atomic mass is 10.1. The van der Waals surface area contributed by atoms with Crippen LogP contribution >= 0.6 is 27.5 Å². The van der Waals surface area contributed by atoms with E-state index in [0.29, 0.717) is 5.02 Å². The number of halogens is 2. The highest BCUT2D eigenvalue weighted by molar-refractivity contribution is 9.10. The van der Waals surface area contributed by atoms with Gasteiger partial charge in [-0.3, -0.25) is 0 Å². The molecule has 0 N–H and O–H groups in total. The average Bonchev–Trinajstić information content (AvgIpc) is 2.57. The summed E-state index contributed by atoms with van der Waals surface area (Å²) in [6.07, 6.45) is 0. The van der Waals surface area contributed by atoms with Crippen LogP contribution in [0.4, 0.5) is 0 Å². The molecular formula is C12H6BrClO. The molecule has 0 saturated heterocycles. The van der Waals surface area contributed by atoms with Gasteiger partial charge >= 0.3 is 0 Å². The zero-order valence-electron chi connectivity index (χ0n) is 7.63. The van der Waals surface area contributed by atoms with E-state index < -0.39 is 0 Å². The van der Waals surface area contributed by atoms with Gasteiger partial charge in [-0.15, -0.1) is 0 Å². The molecule has 0 bridgehead atoms. The Bertz CT molecular complexity index is 657. The van der Waals surface area contributed by atoms with E-state index in [1.54, 1.807) is 0 Å². The largest absolute Gasteiger partial charge is 0.455 e. The number of para-hydroxylation sites is 1. The summed E-state index contributed by atoms with van der Waals surface area (Å²) in [5.74, 6) is 0. The number of hydrogen-bond donors (Lipinski definition) is 0. The lowest BCUT2D eigenvalue weighted by Gasteiger charge is -1.90. The number of rotatable bonds is 0. The van der Waals surface area contributed by atoms with E-state index in [0.717, 1.165) is 26.4 Å². The molecule has 0 fully saturated rings. The van der Waals surface area contributed by atoms with Crippen LogP contribution in [0.1, 0.15) is 0 Å². The molecule has 0 atom stereocenters. The van der Waals surface area contributed by atoms with Crippen molar-refractivity contribution in [2.75, 3.05) is 0 Å². The maximum Gasteiger partial charge on any atom is 0.149 e. The summed E-state index contributed by atoms with van der Waals surface area (Å²) in [6.45, 7) is 0. The van der Waals surface area contributed by atoms with E-state index in [-0.39, 0.29) is 0 Å². The predicted octanol–water partition coefficient (Wildman–Crippen LogP) is 5.00. The number of fused-ring (bicyclic) bond motifs is 3. The van der Waals surface area contributed by atoms with Gasteiger partial charge in [-0.2, -0.15) is 0 Å². The van der Waals surface area contributed by atoms with Crippen LogP contribution in [0.5, 0.6) is 0 Å². The van der Waals surface area contributed by atoms with Gasteiger partial charge in [0.1, 0.15) is 11.2 Å². The minimum absolute atomic E-state index is 0.692.